The van der Waals surface area contributed by atoms with E-state index in [-0.39, 0.29) is 0 Å². The summed E-state index contributed by atoms with van der Waals surface area (Å²) in [4.78, 5) is 0. The van der Waals surface area contributed by atoms with Crippen LogP contribution in [0.25, 0.3) is 0 Å². The Bertz CT molecular complexity index is 496. The zero-order valence-corrected chi connectivity index (χ0v) is 10.7. The van der Waals surface area contributed by atoms with Crippen molar-refractivity contribution in [1.82, 2.24) is 10.2 Å². The lowest BCUT2D eigenvalue weighted by atomic mass is 10.2. The van der Waals surface area contributed by atoms with Gasteiger partial charge in [-0.15, -0.1) is 10.2 Å². The van der Waals surface area contributed by atoms with Gasteiger partial charge in [-0.2, -0.15) is 0 Å². The van der Waals surface area contributed by atoms with Crippen molar-refractivity contribution in [3.8, 4) is 0 Å². The Morgan fingerprint density at radius 1 is 1.31 bits per heavy atom. The highest BCUT2D eigenvalue weighted by atomic mass is 35.5. The van der Waals surface area contributed by atoms with Crippen LogP contribution < -0.4 is 5.32 Å². The number of hydrogen-bond donors (Lipinski definition) is 1. The molecule has 2 aromatic rings. The maximum absolute atomic E-state index is 6.07. The van der Waals surface area contributed by atoms with Crippen LogP contribution in [0.1, 0.15) is 15.6 Å². The minimum Gasteiger partial charge on any atom is -0.377 e. The number of nitrogens with one attached hydrogen (secondary N) is 1. The Labute approximate surface area is 103 Å². The first-order valence-corrected chi connectivity index (χ1v) is 6.13. The van der Waals surface area contributed by atoms with Gasteiger partial charge in [0, 0.05) is 0 Å². The summed E-state index contributed by atoms with van der Waals surface area (Å²) in [5.74, 6) is 0. The largest absolute Gasteiger partial charge is 0.377 e. The van der Waals surface area contributed by atoms with Gasteiger partial charge in [0.25, 0.3) is 0 Å². The molecule has 5 heteroatoms. The lowest BCUT2D eigenvalue weighted by Crippen LogP contribution is -1.99. The molecular weight excluding hydrogens is 242 g/mol. The lowest BCUT2D eigenvalue weighted by molar-refractivity contribution is 0.971. The normalized spacial score (nSPS) is 10.4. The van der Waals surface area contributed by atoms with Gasteiger partial charge in [0.15, 0.2) is 0 Å². The van der Waals surface area contributed by atoms with Gasteiger partial charge in [-0.3, -0.25) is 0 Å². The zero-order valence-electron chi connectivity index (χ0n) is 9.12. The van der Waals surface area contributed by atoms with Gasteiger partial charge in [-0.1, -0.05) is 29.0 Å². The molecule has 3 nitrogen and oxygen atoms in total. The minimum absolute atomic E-state index is 0.661. The topological polar surface area (TPSA) is 37.8 Å². The monoisotopic (exact) mass is 253 g/mol. The van der Waals surface area contributed by atoms with Gasteiger partial charge in [-0.25, -0.2) is 0 Å². The average molecular weight is 254 g/mol. The van der Waals surface area contributed by atoms with Crippen molar-refractivity contribution in [3.05, 3.63) is 38.8 Å². The molecule has 0 spiro atoms. The summed E-state index contributed by atoms with van der Waals surface area (Å²) < 4.78 is 0. The van der Waals surface area contributed by atoms with Crippen LogP contribution in [0, 0.1) is 13.8 Å². The molecule has 0 unspecified atom stereocenters. The molecule has 0 saturated heterocycles. The van der Waals surface area contributed by atoms with E-state index in [0.717, 1.165) is 20.7 Å². The van der Waals surface area contributed by atoms with E-state index in [9.17, 15) is 0 Å². The highest BCUT2D eigenvalue weighted by Crippen LogP contribution is 2.23. The van der Waals surface area contributed by atoms with Crippen LogP contribution in [0.3, 0.4) is 0 Å². The molecule has 0 saturated carbocycles. The Hall–Kier alpha value is -1.13. The number of aromatic nitrogens is 2. The third kappa shape index (κ3) is 2.71. The molecule has 0 fully saturated rings. The first kappa shape index (κ1) is 11.4. The number of anilines is 1. The fourth-order valence-corrected chi connectivity index (χ4v) is 2.19. The lowest BCUT2D eigenvalue weighted by Gasteiger charge is -2.07. The van der Waals surface area contributed by atoms with E-state index in [2.05, 4.69) is 15.5 Å². The number of aryl methyl sites for hydroxylation is 2. The molecule has 1 heterocycles. The summed E-state index contributed by atoms with van der Waals surface area (Å²) in [5.41, 5.74) is 2.12. The summed E-state index contributed by atoms with van der Waals surface area (Å²) in [5, 5.41) is 13.9. The van der Waals surface area contributed by atoms with Crippen LogP contribution in [0.4, 0.5) is 5.69 Å². The molecule has 0 aliphatic rings. The Balaban J connectivity index is 2.07. The van der Waals surface area contributed by atoms with E-state index >= 15 is 0 Å². The van der Waals surface area contributed by atoms with Crippen molar-refractivity contribution in [2.45, 2.75) is 20.4 Å². The van der Waals surface area contributed by atoms with Crippen LogP contribution >= 0.6 is 22.9 Å². The standard InChI is InChI=1S/C11H12ClN3S/c1-7-3-4-9(12)10(5-7)13-6-11-15-14-8(2)16-11/h3-5,13H,6H2,1-2H3. The molecule has 0 bridgehead atoms. The average Bonchev–Trinajstić information content (AvgIpc) is 2.66. The summed E-state index contributed by atoms with van der Waals surface area (Å²) >= 11 is 7.66. The number of rotatable bonds is 3. The molecule has 0 radical (unpaired) electrons. The molecule has 0 aliphatic carbocycles. The Morgan fingerprint density at radius 2 is 2.12 bits per heavy atom. The van der Waals surface area contributed by atoms with Gasteiger partial charge >= 0.3 is 0 Å². The number of benzene rings is 1. The SMILES string of the molecule is Cc1ccc(Cl)c(NCc2nnc(C)s2)c1. The summed E-state index contributed by atoms with van der Waals surface area (Å²) in [6, 6.07) is 5.91. The molecule has 0 amide bonds. The van der Waals surface area contributed by atoms with Gasteiger partial charge in [0.2, 0.25) is 0 Å². The molecule has 2 rings (SSSR count). The van der Waals surface area contributed by atoms with Crippen molar-refractivity contribution in [2.75, 3.05) is 5.32 Å². The van der Waals surface area contributed by atoms with E-state index in [1.54, 1.807) is 11.3 Å². The quantitative estimate of drug-likeness (QED) is 0.911. The number of nitrogens with zero attached hydrogens (tertiary/aromatic N) is 2. The number of halogens is 1. The van der Waals surface area contributed by atoms with Crippen molar-refractivity contribution in [3.63, 3.8) is 0 Å². The first-order chi connectivity index (χ1) is 7.65. The molecular formula is C11H12ClN3S. The fraction of sp³-hybridized carbons (Fsp3) is 0.273. The minimum atomic E-state index is 0.661. The molecule has 16 heavy (non-hydrogen) atoms. The fourth-order valence-electron chi connectivity index (χ4n) is 1.35. The smallest absolute Gasteiger partial charge is 0.136 e. The zero-order chi connectivity index (χ0) is 11.5. The van der Waals surface area contributed by atoms with Crippen LogP contribution in [-0.2, 0) is 6.54 Å². The molecule has 84 valence electrons. The molecule has 0 atom stereocenters. The van der Waals surface area contributed by atoms with Gasteiger partial charge in [-0.05, 0) is 31.5 Å². The maximum atomic E-state index is 6.07. The van der Waals surface area contributed by atoms with E-state index in [0.29, 0.717) is 6.54 Å². The van der Waals surface area contributed by atoms with Gasteiger partial charge in [0.1, 0.15) is 10.0 Å². The summed E-state index contributed by atoms with van der Waals surface area (Å²) in [6.45, 7) is 4.64. The van der Waals surface area contributed by atoms with E-state index in [1.807, 2.05) is 32.0 Å². The third-order valence-electron chi connectivity index (χ3n) is 2.12. The summed E-state index contributed by atoms with van der Waals surface area (Å²) in [6.07, 6.45) is 0. The van der Waals surface area contributed by atoms with Crippen LogP contribution in [0.5, 0.6) is 0 Å². The van der Waals surface area contributed by atoms with Gasteiger partial charge < -0.3 is 5.32 Å². The first-order valence-electron chi connectivity index (χ1n) is 4.94. The summed E-state index contributed by atoms with van der Waals surface area (Å²) in [7, 11) is 0. The number of hydrogen-bond acceptors (Lipinski definition) is 4. The van der Waals surface area contributed by atoms with Gasteiger partial charge in [0.05, 0.1) is 17.3 Å². The van der Waals surface area contributed by atoms with Crippen molar-refractivity contribution < 1.29 is 0 Å². The van der Waals surface area contributed by atoms with Crippen molar-refractivity contribution >= 4 is 28.6 Å². The second-order valence-electron chi connectivity index (χ2n) is 3.55. The highest BCUT2D eigenvalue weighted by Gasteiger charge is 2.03. The predicted molar refractivity (Wildman–Crippen MR) is 68.2 cm³/mol. The molecule has 1 aromatic carbocycles. The van der Waals surface area contributed by atoms with Crippen molar-refractivity contribution in [2.24, 2.45) is 0 Å². The predicted octanol–water partition coefficient (Wildman–Crippen LogP) is 3.42. The molecule has 1 N–H and O–H groups in total. The second kappa shape index (κ2) is 4.80. The third-order valence-corrected chi connectivity index (χ3v) is 3.29. The Morgan fingerprint density at radius 3 is 2.81 bits per heavy atom. The van der Waals surface area contributed by atoms with E-state index in [1.165, 1.54) is 5.56 Å². The van der Waals surface area contributed by atoms with Crippen LogP contribution in [0.2, 0.25) is 5.02 Å². The molecule has 1 aromatic heterocycles. The second-order valence-corrected chi connectivity index (χ2v) is 5.23. The Kier molecular flexibility index (Phi) is 3.41. The van der Waals surface area contributed by atoms with Crippen LogP contribution in [-0.4, -0.2) is 10.2 Å². The van der Waals surface area contributed by atoms with Crippen LogP contribution in [0.15, 0.2) is 18.2 Å². The van der Waals surface area contributed by atoms with E-state index in [4.69, 9.17) is 11.6 Å². The molecule has 0 aliphatic heterocycles. The van der Waals surface area contributed by atoms with E-state index < -0.39 is 0 Å². The highest BCUT2D eigenvalue weighted by molar-refractivity contribution is 7.11. The van der Waals surface area contributed by atoms with Crippen molar-refractivity contribution in [1.29, 1.82) is 0 Å². The maximum Gasteiger partial charge on any atom is 0.136 e.